The van der Waals surface area contributed by atoms with Gasteiger partial charge in [-0.3, -0.25) is 4.90 Å². The minimum atomic E-state index is 0.0515. The molecule has 0 aliphatic heterocycles. The molecule has 0 heterocycles. The van der Waals surface area contributed by atoms with Gasteiger partial charge in [0.25, 0.3) is 0 Å². The van der Waals surface area contributed by atoms with Gasteiger partial charge in [-0.25, -0.2) is 0 Å². The molecule has 4 nitrogen and oxygen atoms in total. The Kier molecular flexibility index (Phi) is 3.54. The van der Waals surface area contributed by atoms with Crippen molar-refractivity contribution in [1.29, 1.82) is 0 Å². The van der Waals surface area contributed by atoms with Crippen LogP contribution in [0.1, 0.15) is 26.7 Å². The van der Waals surface area contributed by atoms with E-state index in [0.29, 0.717) is 5.84 Å². The number of hydrogen-bond acceptors (Lipinski definition) is 3. The highest BCUT2D eigenvalue weighted by Gasteiger charge is 2.26. The zero-order chi connectivity index (χ0) is 9.84. The van der Waals surface area contributed by atoms with Gasteiger partial charge in [-0.05, 0) is 32.2 Å². The quantitative estimate of drug-likeness (QED) is 0.289. The summed E-state index contributed by atoms with van der Waals surface area (Å²) >= 11 is 0. The molecule has 0 bridgehead atoms. The number of oxime groups is 1. The van der Waals surface area contributed by atoms with Crippen molar-refractivity contribution in [2.75, 3.05) is 13.1 Å². The third-order valence-electron chi connectivity index (χ3n) is 2.69. The fourth-order valence-electron chi connectivity index (χ4n) is 1.46. The summed E-state index contributed by atoms with van der Waals surface area (Å²) in [6, 6.07) is 0.0515. The molecule has 1 atom stereocenters. The lowest BCUT2D eigenvalue weighted by Gasteiger charge is -2.26. The van der Waals surface area contributed by atoms with Crippen LogP contribution < -0.4 is 5.73 Å². The largest absolute Gasteiger partial charge is 0.409 e. The Morgan fingerprint density at radius 3 is 2.69 bits per heavy atom. The molecule has 0 spiro atoms. The molecule has 0 aromatic carbocycles. The third kappa shape index (κ3) is 2.88. The molecule has 3 N–H and O–H groups in total. The Morgan fingerprint density at radius 2 is 2.31 bits per heavy atom. The van der Waals surface area contributed by atoms with E-state index in [1.54, 1.807) is 0 Å². The van der Waals surface area contributed by atoms with Crippen LogP contribution >= 0.6 is 0 Å². The molecule has 1 fully saturated rings. The third-order valence-corrected chi connectivity index (χ3v) is 2.69. The van der Waals surface area contributed by atoms with Crippen molar-refractivity contribution in [3.63, 3.8) is 0 Å². The minimum absolute atomic E-state index is 0.0515. The fourth-order valence-corrected chi connectivity index (χ4v) is 1.46. The van der Waals surface area contributed by atoms with Crippen LogP contribution in [-0.2, 0) is 0 Å². The number of nitrogens with zero attached hydrogens (tertiary/aromatic N) is 2. The average Bonchev–Trinajstić information content (AvgIpc) is 2.95. The van der Waals surface area contributed by atoms with E-state index in [9.17, 15) is 0 Å². The second kappa shape index (κ2) is 4.46. The Morgan fingerprint density at radius 1 is 1.69 bits per heavy atom. The second-order valence-corrected chi connectivity index (χ2v) is 3.73. The van der Waals surface area contributed by atoms with E-state index in [0.717, 1.165) is 19.0 Å². The van der Waals surface area contributed by atoms with E-state index in [-0.39, 0.29) is 6.04 Å². The molecule has 13 heavy (non-hydrogen) atoms. The molecule has 0 amide bonds. The smallest absolute Gasteiger partial charge is 0.156 e. The Hall–Kier alpha value is -0.770. The molecule has 0 saturated heterocycles. The van der Waals surface area contributed by atoms with Crippen LogP contribution in [0.15, 0.2) is 5.16 Å². The summed E-state index contributed by atoms with van der Waals surface area (Å²) < 4.78 is 0. The molecular weight excluding hydrogens is 166 g/mol. The summed E-state index contributed by atoms with van der Waals surface area (Å²) in [5.41, 5.74) is 5.55. The van der Waals surface area contributed by atoms with E-state index < -0.39 is 0 Å². The van der Waals surface area contributed by atoms with Crippen molar-refractivity contribution >= 4 is 5.84 Å². The first-order chi connectivity index (χ1) is 6.19. The molecule has 1 saturated carbocycles. The van der Waals surface area contributed by atoms with Crippen LogP contribution in [0.25, 0.3) is 0 Å². The predicted octanol–water partition coefficient (Wildman–Crippen LogP) is 0.853. The molecule has 4 heteroatoms. The lowest BCUT2D eigenvalue weighted by molar-refractivity contribution is 0.245. The normalized spacial score (nSPS) is 20.7. The molecule has 1 aliphatic carbocycles. The first-order valence-electron chi connectivity index (χ1n) is 4.90. The van der Waals surface area contributed by atoms with Crippen molar-refractivity contribution in [2.24, 2.45) is 16.8 Å². The minimum Gasteiger partial charge on any atom is -0.409 e. The van der Waals surface area contributed by atoms with E-state index in [2.05, 4.69) is 17.0 Å². The van der Waals surface area contributed by atoms with E-state index in [1.165, 1.54) is 12.8 Å². The fraction of sp³-hybridized carbons (Fsp3) is 0.889. The van der Waals surface area contributed by atoms with Gasteiger partial charge in [0.15, 0.2) is 5.84 Å². The van der Waals surface area contributed by atoms with E-state index in [4.69, 9.17) is 10.9 Å². The van der Waals surface area contributed by atoms with Gasteiger partial charge in [-0.15, -0.1) is 0 Å². The van der Waals surface area contributed by atoms with Gasteiger partial charge in [-0.2, -0.15) is 0 Å². The van der Waals surface area contributed by atoms with Gasteiger partial charge in [-0.1, -0.05) is 12.1 Å². The zero-order valence-electron chi connectivity index (χ0n) is 8.40. The summed E-state index contributed by atoms with van der Waals surface area (Å²) in [4.78, 5) is 2.24. The van der Waals surface area contributed by atoms with Gasteiger partial charge in [0.2, 0.25) is 0 Å². The van der Waals surface area contributed by atoms with Gasteiger partial charge in [0, 0.05) is 6.54 Å². The zero-order valence-corrected chi connectivity index (χ0v) is 8.40. The van der Waals surface area contributed by atoms with Gasteiger partial charge >= 0.3 is 0 Å². The Bertz CT molecular complexity index is 189. The molecule has 1 rings (SSSR count). The van der Waals surface area contributed by atoms with Crippen molar-refractivity contribution in [1.82, 2.24) is 4.90 Å². The summed E-state index contributed by atoms with van der Waals surface area (Å²) in [5, 5.41) is 11.6. The van der Waals surface area contributed by atoms with Crippen molar-refractivity contribution in [3.05, 3.63) is 0 Å². The first kappa shape index (κ1) is 10.3. The summed E-state index contributed by atoms with van der Waals surface area (Å²) in [7, 11) is 0. The van der Waals surface area contributed by atoms with Crippen LogP contribution in [-0.4, -0.2) is 35.1 Å². The second-order valence-electron chi connectivity index (χ2n) is 3.73. The van der Waals surface area contributed by atoms with Gasteiger partial charge in [0.05, 0.1) is 6.04 Å². The van der Waals surface area contributed by atoms with E-state index >= 15 is 0 Å². The molecule has 1 aliphatic rings. The average molecular weight is 185 g/mol. The molecule has 0 aromatic rings. The summed E-state index contributed by atoms with van der Waals surface area (Å²) in [6.45, 7) is 6.10. The van der Waals surface area contributed by atoms with Crippen molar-refractivity contribution in [3.8, 4) is 0 Å². The van der Waals surface area contributed by atoms with Crippen LogP contribution in [0.4, 0.5) is 0 Å². The maximum atomic E-state index is 8.54. The van der Waals surface area contributed by atoms with Crippen LogP contribution in [0.2, 0.25) is 0 Å². The van der Waals surface area contributed by atoms with Gasteiger partial charge in [0.1, 0.15) is 0 Å². The monoisotopic (exact) mass is 185 g/mol. The molecule has 0 radical (unpaired) electrons. The number of likely N-dealkylation sites (N-methyl/N-ethyl adjacent to an activating group) is 1. The molecule has 76 valence electrons. The number of hydrogen-bond donors (Lipinski definition) is 2. The molecule has 0 aromatic heterocycles. The molecular formula is C9H19N3O. The Labute approximate surface area is 79.4 Å². The number of amidine groups is 1. The lowest BCUT2D eigenvalue weighted by atomic mass is 10.2. The lowest BCUT2D eigenvalue weighted by Crippen LogP contribution is -2.43. The predicted molar refractivity (Wildman–Crippen MR) is 52.8 cm³/mol. The van der Waals surface area contributed by atoms with Crippen molar-refractivity contribution < 1.29 is 5.21 Å². The first-order valence-corrected chi connectivity index (χ1v) is 4.90. The van der Waals surface area contributed by atoms with E-state index in [1.807, 2.05) is 6.92 Å². The summed E-state index contributed by atoms with van der Waals surface area (Å²) in [6.07, 6.45) is 2.67. The van der Waals surface area contributed by atoms with Crippen LogP contribution in [0.3, 0.4) is 0 Å². The molecule has 1 unspecified atom stereocenters. The number of nitrogens with two attached hydrogens (primary N) is 1. The SMILES string of the molecule is CCN(CC1CC1)C(C)C(N)=NO. The Balaban J connectivity index is 2.43. The van der Waals surface area contributed by atoms with Crippen molar-refractivity contribution in [2.45, 2.75) is 32.7 Å². The maximum absolute atomic E-state index is 8.54. The maximum Gasteiger partial charge on any atom is 0.156 e. The summed E-state index contributed by atoms with van der Waals surface area (Å²) in [5.74, 6) is 1.15. The van der Waals surface area contributed by atoms with Crippen LogP contribution in [0.5, 0.6) is 0 Å². The van der Waals surface area contributed by atoms with Crippen LogP contribution in [0, 0.1) is 5.92 Å². The number of rotatable bonds is 5. The topological polar surface area (TPSA) is 61.8 Å². The standard InChI is InChI=1S/C9H19N3O/c1-3-12(6-8-4-5-8)7(2)9(10)11-13/h7-8,13H,3-6H2,1-2H3,(H2,10,11). The highest BCUT2D eigenvalue weighted by Crippen LogP contribution is 2.30. The van der Waals surface area contributed by atoms with Gasteiger partial charge < -0.3 is 10.9 Å². The highest BCUT2D eigenvalue weighted by molar-refractivity contribution is 5.84. The highest BCUT2D eigenvalue weighted by atomic mass is 16.4.